The fourth-order valence-electron chi connectivity index (χ4n) is 2.98. The van der Waals surface area contributed by atoms with Crippen molar-refractivity contribution < 1.29 is 23.4 Å². The van der Waals surface area contributed by atoms with Crippen LogP contribution in [-0.2, 0) is 0 Å². The summed E-state index contributed by atoms with van der Waals surface area (Å²) in [6, 6.07) is 8.88. The Hall–Kier alpha value is -2.83. The quantitative estimate of drug-likeness (QED) is 0.881. The first-order chi connectivity index (χ1) is 12.0. The number of hydrogen-bond donors (Lipinski definition) is 2. The number of nitrogens with one attached hydrogen (secondary N) is 1. The Bertz CT molecular complexity index is 798. The van der Waals surface area contributed by atoms with E-state index in [1.165, 1.54) is 12.1 Å². The van der Waals surface area contributed by atoms with Gasteiger partial charge in [0.05, 0.1) is 12.3 Å². The number of anilines is 2. The molecule has 1 atom stereocenters. The van der Waals surface area contributed by atoms with Crippen LogP contribution in [0.2, 0.25) is 0 Å². The molecular formula is C18H18F2N2O3. The minimum absolute atomic E-state index is 0.0294. The molecule has 0 saturated carbocycles. The van der Waals surface area contributed by atoms with Gasteiger partial charge in [0.15, 0.2) is 0 Å². The van der Waals surface area contributed by atoms with Crippen LogP contribution in [-0.4, -0.2) is 31.4 Å². The maximum Gasteiger partial charge on any atom is 0.404 e. The molecule has 0 fully saturated rings. The fraction of sp³-hybridized carbons (Fsp3) is 0.278. The molecule has 25 heavy (non-hydrogen) atoms. The Morgan fingerprint density at radius 3 is 2.84 bits per heavy atom. The number of hydrogen-bond acceptors (Lipinski definition) is 3. The monoisotopic (exact) mass is 348 g/mol. The number of halogens is 2. The van der Waals surface area contributed by atoms with Gasteiger partial charge in [-0.05, 0) is 30.2 Å². The molecule has 1 aliphatic heterocycles. The van der Waals surface area contributed by atoms with Gasteiger partial charge in [-0.3, -0.25) is 0 Å². The van der Waals surface area contributed by atoms with E-state index >= 15 is 0 Å². The Morgan fingerprint density at radius 2 is 2.12 bits per heavy atom. The molecule has 2 aromatic carbocycles. The SMILES string of the molecule is CN(c1ccc2c(c1)OCC[C@H]2CNC(=O)O)c1ccc(F)cc1F. The van der Waals surface area contributed by atoms with Crippen LogP contribution in [0.25, 0.3) is 0 Å². The zero-order valence-corrected chi connectivity index (χ0v) is 13.6. The van der Waals surface area contributed by atoms with Crippen molar-refractivity contribution in [2.45, 2.75) is 12.3 Å². The summed E-state index contributed by atoms with van der Waals surface area (Å²) in [4.78, 5) is 12.3. The lowest BCUT2D eigenvalue weighted by atomic mass is 9.92. The van der Waals surface area contributed by atoms with Gasteiger partial charge in [0, 0.05) is 37.3 Å². The van der Waals surface area contributed by atoms with Crippen LogP contribution in [0.5, 0.6) is 5.75 Å². The largest absolute Gasteiger partial charge is 0.493 e. The lowest BCUT2D eigenvalue weighted by Crippen LogP contribution is -2.29. The van der Waals surface area contributed by atoms with E-state index in [2.05, 4.69) is 5.32 Å². The molecule has 7 heteroatoms. The highest BCUT2D eigenvalue weighted by molar-refractivity contribution is 5.66. The predicted molar refractivity (Wildman–Crippen MR) is 89.7 cm³/mol. The molecule has 5 nitrogen and oxygen atoms in total. The summed E-state index contributed by atoms with van der Waals surface area (Å²) in [5.74, 6) is -0.598. The third-order valence-electron chi connectivity index (χ3n) is 4.32. The van der Waals surface area contributed by atoms with Gasteiger partial charge in [0.1, 0.15) is 17.4 Å². The van der Waals surface area contributed by atoms with E-state index in [1.54, 1.807) is 18.0 Å². The number of rotatable bonds is 4. The van der Waals surface area contributed by atoms with E-state index in [0.29, 0.717) is 24.6 Å². The maximum atomic E-state index is 14.0. The summed E-state index contributed by atoms with van der Waals surface area (Å²) in [5.41, 5.74) is 1.86. The number of fused-ring (bicyclic) bond motifs is 1. The van der Waals surface area contributed by atoms with Gasteiger partial charge in [-0.1, -0.05) is 6.07 Å². The van der Waals surface area contributed by atoms with Crippen molar-refractivity contribution in [2.75, 3.05) is 25.1 Å². The van der Waals surface area contributed by atoms with Crippen LogP contribution >= 0.6 is 0 Å². The van der Waals surface area contributed by atoms with Gasteiger partial charge in [-0.2, -0.15) is 0 Å². The molecule has 132 valence electrons. The van der Waals surface area contributed by atoms with E-state index in [0.717, 1.165) is 18.1 Å². The van der Waals surface area contributed by atoms with Crippen LogP contribution in [0.1, 0.15) is 17.9 Å². The summed E-state index contributed by atoms with van der Waals surface area (Å²) in [5, 5.41) is 11.2. The molecule has 0 saturated heterocycles. The number of carbonyl (C=O) groups is 1. The molecule has 2 aromatic rings. The van der Waals surface area contributed by atoms with Crippen molar-refractivity contribution in [3.63, 3.8) is 0 Å². The van der Waals surface area contributed by atoms with Crippen molar-refractivity contribution in [3.8, 4) is 5.75 Å². The summed E-state index contributed by atoms with van der Waals surface area (Å²) in [6.07, 6.45) is -0.342. The van der Waals surface area contributed by atoms with Gasteiger partial charge in [-0.25, -0.2) is 13.6 Å². The number of amides is 1. The summed E-state index contributed by atoms with van der Waals surface area (Å²) >= 11 is 0. The van der Waals surface area contributed by atoms with Crippen molar-refractivity contribution in [1.29, 1.82) is 0 Å². The van der Waals surface area contributed by atoms with Crippen LogP contribution in [0.15, 0.2) is 36.4 Å². The predicted octanol–water partition coefficient (Wildman–Crippen LogP) is 3.87. The van der Waals surface area contributed by atoms with Crippen molar-refractivity contribution in [3.05, 3.63) is 53.6 Å². The van der Waals surface area contributed by atoms with E-state index in [4.69, 9.17) is 9.84 Å². The highest BCUT2D eigenvalue weighted by Gasteiger charge is 2.23. The van der Waals surface area contributed by atoms with Gasteiger partial charge in [0.25, 0.3) is 0 Å². The van der Waals surface area contributed by atoms with E-state index < -0.39 is 17.7 Å². The van der Waals surface area contributed by atoms with Gasteiger partial charge in [0.2, 0.25) is 0 Å². The molecular weight excluding hydrogens is 330 g/mol. The molecule has 0 unspecified atom stereocenters. The Balaban J connectivity index is 1.86. The molecule has 1 heterocycles. The minimum atomic E-state index is -1.06. The number of carboxylic acid groups (broad SMARTS) is 1. The van der Waals surface area contributed by atoms with Crippen molar-refractivity contribution >= 4 is 17.5 Å². The maximum absolute atomic E-state index is 14.0. The van der Waals surface area contributed by atoms with Crippen LogP contribution in [0.3, 0.4) is 0 Å². The molecule has 3 rings (SSSR count). The molecule has 0 spiro atoms. The number of ether oxygens (including phenoxy) is 1. The lowest BCUT2D eigenvalue weighted by Gasteiger charge is -2.28. The lowest BCUT2D eigenvalue weighted by molar-refractivity contribution is 0.191. The third kappa shape index (κ3) is 3.65. The van der Waals surface area contributed by atoms with E-state index in [9.17, 15) is 13.6 Å². The average Bonchev–Trinajstić information content (AvgIpc) is 2.58. The first kappa shape index (κ1) is 17.0. The highest BCUT2D eigenvalue weighted by atomic mass is 19.1. The normalized spacial score (nSPS) is 15.9. The zero-order chi connectivity index (χ0) is 18.0. The fourth-order valence-corrected chi connectivity index (χ4v) is 2.98. The average molecular weight is 348 g/mol. The van der Waals surface area contributed by atoms with Crippen LogP contribution < -0.4 is 15.0 Å². The summed E-state index contributed by atoms with van der Waals surface area (Å²) < 4.78 is 32.8. The third-order valence-corrected chi connectivity index (χ3v) is 4.32. The Kier molecular flexibility index (Phi) is 4.74. The zero-order valence-electron chi connectivity index (χ0n) is 13.6. The second-order valence-electron chi connectivity index (χ2n) is 5.90. The first-order valence-electron chi connectivity index (χ1n) is 7.88. The van der Waals surface area contributed by atoms with Gasteiger partial charge < -0.3 is 20.1 Å². The van der Waals surface area contributed by atoms with Gasteiger partial charge in [-0.15, -0.1) is 0 Å². The molecule has 1 amide bonds. The van der Waals surface area contributed by atoms with Crippen molar-refractivity contribution in [2.24, 2.45) is 0 Å². The minimum Gasteiger partial charge on any atom is -0.493 e. The topological polar surface area (TPSA) is 61.8 Å². The van der Waals surface area contributed by atoms with E-state index in [-0.39, 0.29) is 11.6 Å². The van der Waals surface area contributed by atoms with Crippen molar-refractivity contribution in [1.82, 2.24) is 5.32 Å². The summed E-state index contributed by atoms with van der Waals surface area (Å²) in [6.45, 7) is 0.796. The standard InChI is InChI=1S/C18H18F2N2O3/c1-22(16-5-2-12(19)8-15(16)20)13-3-4-14-11(10-21-18(23)24)6-7-25-17(14)9-13/h2-5,8-9,11,21H,6-7,10H2,1H3,(H,23,24)/t11-/m0/s1. The van der Waals surface area contributed by atoms with Crippen LogP contribution in [0.4, 0.5) is 25.0 Å². The second kappa shape index (κ2) is 6.96. The smallest absolute Gasteiger partial charge is 0.404 e. The first-order valence-corrected chi connectivity index (χ1v) is 7.88. The molecule has 2 N–H and O–H groups in total. The molecule has 0 radical (unpaired) electrons. The molecule has 0 bridgehead atoms. The van der Waals surface area contributed by atoms with E-state index in [1.807, 2.05) is 12.1 Å². The second-order valence-corrected chi connectivity index (χ2v) is 5.90. The van der Waals surface area contributed by atoms with Crippen LogP contribution in [0, 0.1) is 11.6 Å². The molecule has 0 aliphatic carbocycles. The van der Waals surface area contributed by atoms with Gasteiger partial charge >= 0.3 is 6.09 Å². The Labute approximate surface area is 143 Å². The highest BCUT2D eigenvalue weighted by Crippen LogP contribution is 2.37. The molecule has 0 aromatic heterocycles. The summed E-state index contributed by atoms with van der Waals surface area (Å²) in [7, 11) is 1.68. The number of benzene rings is 2. The number of nitrogens with zero attached hydrogens (tertiary/aromatic N) is 1. The molecule has 1 aliphatic rings. The Morgan fingerprint density at radius 1 is 1.32 bits per heavy atom.